The van der Waals surface area contributed by atoms with Crippen LogP contribution in [0.5, 0.6) is 0 Å². The third-order valence-corrected chi connectivity index (χ3v) is 4.08. The minimum atomic E-state index is -0.0987. The smallest absolute Gasteiger partial charge is 0.271 e. The zero-order valence-corrected chi connectivity index (χ0v) is 12.7. The number of piperidine rings is 1. The average molecular weight is 298 g/mol. The van der Waals surface area contributed by atoms with Crippen molar-refractivity contribution in [2.75, 3.05) is 19.6 Å². The summed E-state index contributed by atoms with van der Waals surface area (Å²) >= 11 is 0. The predicted octanol–water partition coefficient (Wildman–Crippen LogP) is 1.99. The summed E-state index contributed by atoms with van der Waals surface area (Å²) in [6.45, 7) is 2.90. The number of nitrogens with one attached hydrogen (secondary N) is 2. The highest BCUT2D eigenvalue weighted by atomic mass is 16.1. The van der Waals surface area contributed by atoms with Crippen LogP contribution < -0.4 is 10.6 Å². The van der Waals surface area contributed by atoms with Crippen LogP contribution in [0.1, 0.15) is 29.8 Å². The number of carbonyl (C=O) groups is 1. The van der Waals surface area contributed by atoms with Crippen LogP contribution in [-0.4, -0.2) is 35.3 Å². The number of hydrogen-bond acceptors (Lipinski definition) is 3. The molecule has 0 saturated carbocycles. The van der Waals surface area contributed by atoms with E-state index in [1.165, 1.54) is 12.8 Å². The van der Waals surface area contributed by atoms with Crippen molar-refractivity contribution in [1.29, 1.82) is 0 Å². The summed E-state index contributed by atoms with van der Waals surface area (Å²) < 4.78 is 1.72. The SMILES string of the molecule is O=C(NCCC1CCCNC1)c1ccn(-c2ccccc2)n1. The molecule has 2 N–H and O–H groups in total. The fourth-order valence-corrected chi connectivity index (χ4v) is 2.82. The van der Waals surface area contributed by atoms with E-state index in [1.54, 1.807) is 10.7 Å². The molecule has 0 bridgehead atoms. The van der Waals surface area contributed by atoms with Gasteiger partial charge in [0.25, 0.3) is 5.91 Å². The highest BCUT2D eigenvalue weighted by molar-refractivity contribution is 5.92. The molecule has 1 amide bonds. The Labute approximate surface area is 130 Å². The molecule has 0 aliphatic carbocycles. The molecule has 5 nitrogen and oxygen atoms in total. The monoisotopic (exact) mass is 298 g/mol. The summed E-state index contributed by atoms with van der Waals surface area (Å²) in [7, 11) is 0. The Balaban J connectivity index is 1.51. The van der Waals surface area contributed by atoms with E-state index in [0.717, 1.165) is 25.2 Å². The molecule has 0 spiro atoms. The average Bonchev–Trinajstić information content (AvgIpc) is 3.07. The largest absolute Gasteiger partial charge is 0.351 e. The van der Waals surface area contributed by atoms with E-state index in [0.29, 0.717) is 18.2 Å². The lowest BCUT2D eigenvalue weighted by Crippen LogP contribution is -2.33. The molecule has 22 heavy (non-hydrogen) atoms. The molecule has 1 atom stereocenters. The van der Waals surface area contributed by atoms with Crippen LogP contribution in [-0.2, 0) is 0 Å². The molecule has 0 radical (unpaired) electrons. The summed E-state index contributed by atoms with van der Waals surface area (Å²) in [5.41, 5.74) is 1.42. The number of hydrogen-bond donors (Lipinski definition) is 2. The summed E-state index contributed by atoms with van der Waals surface area (Å²) in [6.07, 6.45) is 5.33. The van der Waals surface area contributed by atoms with Crippen molar-refractivity contribution < 1.29 is 4.79 Å². The van der Waals surface area contributed by atoms with Crippen molar-refractivity contribution in [2.24, 2.45) is 5.92 Å². The Kier molecular flexibility index (Phi) is 4.85. The maximum atomic E-state index is 12.1. The molecule has 2 heterocycles. The molecule has 116 valence electrons. The molecular weight excluding hydrogens is 276 g/mol. The van der Waals surface area contributed by atoms with Crippen LogP contribution in [0.15, 0.2) is 42.6 Å². The van der Waals surface area contributed by atoms with Gasteiger partial charge in [0.2, 0.25) is 0 Å². The second-order valence-electron chi connectivity index (χ2n) is 5.74. The lowest BCUT2D eigenvalue weighted by Gasteiger charge is -2.22. The minimum Gasteiger partial charge on any atom is -0.351 e. The van der Waals surface area contributed by atoms with Gasteiger partial charge in [-0.15, -0.1) is 0 Å². The molecule has 1 aliphatic heterocycles. The third-order valence-electron chi connectivity index (χ3n) is 4.08. The highest BCUT2D eigenvalue weighted by Gasteiger charge is 2.14. The van der Waals surface area contributed by atoms with Gasteiger partial charge >= 0.3 is 0 Å². The zero-order chi connectivity index (χ0) is 15.2. The molecule has 3 rings (SSSR count). The summed E-state index contributed by atoms with van der Waals surface area (Å²) in [5.74, 6) is 0.578. The van der Waals surface area contributed by atoms with E-state index < -0.39 is 0 Å². The minimum absolute atomic E-state index is 0.0987. The van der Waals surface area contributed by atoms with Gasteiger partial charge in [-0.2, -0.15) is 5.10 Å². The lowest BCUT2D eigenvalue weighted by atomic mass is 9.96. The van der Waals surface area contributed by atoms with E-state index >= 15 is 0 Å². The van der Waals surface area contributed by atoms with Gasteiger partial charge in [0.1, 0.15) is 0 Å². The summed E-state index contributed by atoms with van der Waals surface area (Å²) in [6, 6.07) is 11.5. The second-order valence-corrected chi connectivity index (χ2v) is 5.74. The molecule has 1 unspecified atom stereocenters. The standard InChI is InChI=1S/C17H22N4O/c22-17(19-11-8-14-5-4-10-18-13-14)16-9-12-21(20-16)15-6-2-1-3-7-15/h1-3,6-7,9,12,14,18H,4-5,8,10-11,13H2,(H,19,22). The molecule has 5 heteroatoms. The van der Waals surface area contributed by atoms with Gasteiger partial charge in [-0.3, -0.25) is 4.79 Å². The first-order chi connectivity index (χ1) is 10.8. The first-order valence-electron chi connectivity index (χ1n) is 7.93. The topological polar surface area (TPSA) is 59.0 Å². The number of rotatable bonds is 5. The van der Waals surface area contributed by atoms with Crippen molar-refractivity contribution in [3.63, 3.8) is 0 Å². The Morgan fingerprint density at radius 2 is 2.18 bits per heavy atom. The van der Waals surface area contributed by atoms with Crippen LogP contribution >= 0.6 is 0 Å². The quantitative estimate of drug-likeness (QED) is 0.887. The van der Waals surface area contributed by atoms with Crippen LogP contribution in [0.3, 0.4) is 0 Å². The Bertz CT molecular complexity index is 602. The van der Waals surface area contributed by atoms with Crippen LogP contribution in [0.2, 0.25) is 0 Å². The summed E-state index contributed by atoms with van der Waals surface area (Å²) in [4.78, 5) is 12.1. The van der Waals surface area contributed by atoms with E-state index in [-0.39, 0.29) is 5.91 Å². The van der Waals surface area contributed by atoms with Crippen molar-refractivity contribution >= 4 is 5.91 Å². The van der Waals surface area contributed by atoms with Gasteiger partial charge in [-0.25, -0.2) is 4.68 Å². The Morgan fingerprint density at radius 3 is 2.95 bits per heavy atom. The van der Waals surface area contributed by atoms with Gasteiger partial charge in [-0.1, -0.05) is 18.2 Å². The number of benzene rings is 1. The number of carbonyl (C=O) groups excluding carboxylic acids is 1. The summed E-state index contributed by atoms with van der Waals surface area (Å²) in [5, 5.41) is 10.7. The predicted molar refractivity (Wildman–Crippen MR) is 86.1 cm³/mol. The third kappa shape index (κ3) is 3.74. The first-order valence-corrected chi connectivity index (χ1v) is 7.93. The molecule has 1 aliphatic rings. The van der Waals surface area contributed by atoms with Crippen molar-refractivity contribution in [2.45, 2.75) is 19.3 Å². The number of amides is 1. The van der Waals surface area contributed by atoms with Crippen molar-refractivity contribution in [3.05, 3.63) is 48.3 Å². The molecule has 1 saturated heterocycles. The van der Waals surface area contributed by atoms with Gasteiger partial charge in [0, 0.05) is 12.7 Å². The van der Waals surface area contributed by atoms with Gasteiger partial charge in [-0.05, 0) is 56.5 Å². The van der Waals surface area contributed by atoms with Gasteiger partial charge in [0.05, 0.1) is 5.69 Å². The lowest BCUT2D eigenvalue weighted by molar-refractivity contribution is 0.0945. The highest BCUT2D eigenvalue weighted by Crippen LogP contribution is 2.13. The van der Waals surface area contributed by atoms with Crippen molar-refractivity contribution in [1.82, 2.24) is 20.4 Å². The Hall–Kier alpha value is -2.14. The number of para-hydroxylation sites is 1. The number of aromatic nitrogens is 2. The fraction of sp³-hybridized carbons (Fsp3) is 0.412. The van der Waals surface area contributed by atoms with Gasteiger partial charge < -0.3 is 10.6 Å². The maximum absolute atomic E-state index is 12.1. The Morgan fingerprint density at radius 1 is 1.32 bits per heavy atom. The molecule has 1 aromatic carbocycles. The molecular formula is C17H22N4O. The van der Waals surface area contributed by atoms with E-state index in [2.05, 4.69) is 15.7 Å². The van der Waals surface area contributed by atoms with E-state index in [1.807, 2.05) is 36.5 Å². The maximum Gasteiger partial charge on any atom is 0.271 e. The molecule has 2 aromatic rings. The number of nitrogens with zero attached hydrogens (tertiary/aromatic N) is 2. The van der Waals surface area contributed by atoms with Crippen molar-refractivity contribution in [3.8, 4) is 5.69 Å². The van der Waals surface area contributed by atoms with E-state index in [4.69, 9.17) is 0 Å². The van der Waals surface area contributed by atoms with E-state index in [9.17, 15) is 4.79 Å². The molecule has 1 fully saturated rings. The van der Waals surface area contributed by atoms with Crippen LogP contribution in [0.4, 0.5) is 0 Å². The van der Waals surface area contributed by atoms with Crippen LogP contribution in [0.25, 0.3) is 5.69 Å². The fourth-order valence-electron chi connectivity index (χ4n) is 2.82. The molecule has 1 aromatic heterocycles. The van der Waals surface area contributed by atoms with Crippen LogP contribution in [0, 0.1) is 5.92 Å². The zero-order valence-electron chi connectivity index (χ0n) is 12.7. The second kappa shape index (κ2) is 7.22. The normalized spacial score (nSPS) is 18.1. The van der Waals surface area contributed by atoms with Gasteiger partial charge in [0.15, 0.2) is 5.69 Å². The first kappa shape index (κ1) is 14.8.